The molecule has 1 atom stereocenters. The van der Waals surface area contributed by atoms with Crippen molar-refractivity contribution in [2.75, 3.05) is 31.1 Å². The maximum atomic E-state index is 13.4. The molecule has 1 fully saturated rings. The summed E-state index contributed by atoms with van der Waals surface area (Å²) in [6.07, 6.45) is 0. The number of benzene rings is 1. The predicted molar refractivity (Wildman–Crippen MR) is 124 cm³/mol. The SMILES string of the molecule is CC(C)C(c1ccc(F)cc1)N1CCN(c2c(C#N)c(=O)n(C)c3ccc(Cl)nc23)CC1. The van der Waals surface area contributed by atoms with Crippen molar-refractivity contribution in [2.45, 2.75) is 19.9 Å². The molecule has 166 valence electrons. The molecule has 0 amide bonds. The highest BCUT2D eigenvalue weighted by Crippen LogP contribution is 2.33. The van der Waals surface area contributed by atoms with Crippen molar-refractivity contribution in [1.82, 2.24) is 14.5 Å². The fourth-order valence-electron chi connectivity index (χ4n) is 4.68. The van der Waals surface area contributed by atoms with E-state index in [1.54, 1.807) is 19.2 Å². The normalized spacial score (nSPS) is 15.8. The van der Waals surface area contributed by atoms with Crippen LogP contribution in [0.4, 0.5) is 10.1 Å². The number of nitrogens with zero attached hydrogens (tertiary/aromatic N) is 5. The van der Waals surface area contributed by atoms with E-state index >= 15 is 0 Å². The molecule has 0 bridgehead atoms. The van der Waals surface area contributed by atoms with Crippen molar-refractivity contribution in [3.05, 3.63) is 68.8 Å². The Kier molecular flexibility index (Phi) is 6.18. The lowest BCUT2D eigenvalue weighted by atomic mass is 9.93. The summed E-state index contributed by atoms with van der Waals surface area (Å²) in [4.78, 5) is 21.8. The van der Waals surface area contributed by atoms with Crippen LogP contribution in [0.2, 0.25) is 5.15 Å². The van der Waals surface area contributed by atoms with Crippen molar-refractivity contribution in [1.29, 1.82) is 5.26 Å². The van der Waals surface area contributed by atoms with Crippen LogP contribution in [0.15, 0.2) is 41.2 Å². The third-order valence-corrected chi connectivity index (χ3v) is 6.37. The minimum Gasteiger partial charge on any atom is -0.366 e. The number of pyridine rings is 2. The van der Waals surface area contributed by atoms with Crippen LogP contribution in [0, 0.1) is 23.1 Å². The van der Waals surface area contributed by atoms with Crippen molar-refractivity contribution in [2.24, 2.45) is 13.0 Å². The first kappa shape index (κ1) is 22.3. The standard InChI is InChI=1S/C24H25ClFN5O/c1-15(2)22(16-4-6-17(26)7-5-16)30-10-12-31(13-11-30)23-18(14-27)24(32)29(3)19-8-9-20(25)28-21(19)23/h4-9,15,22H,10-13H2,1-3H3. The van der Waals surface area contributed by atoms with Crippen LogP contribution >= 0.6 is 11.6 Å². The van der Waals surface area contributed by atoms with E-state index in [2.05, 4.69) is 34.7 Å². The van der Waals surface area contributed by atoms with Crippen LogP contribution in [0.3, 0.4) is 0 Å². The van der Waals surface area contributed by atoms with Gasteiger partial charge in [-0.2, -0.15) is 5.26 Å². The maximum Gasteiger partial charge on any atom is 0.270 e. The molecule has 1 saturated heterocycles. The minimum atomic E-state index is -0.340. The van der Waals surface area contributed by atoms with Crippen molar-refractivity contribution < 1.29 is 4.39 Å². The zero-order valence-electron chi connectivity index (χ0n) is 18.3. The molecular formula is C24H25ClFN5O. The van der Waals surface area contributed by atoms with Gasteiger partial charge in [-0.25, -0.2) is 9.37 Å². The monoisotopic (exact) mass is 453 g/mol. The Balaban J connectivity index is 1.68. The topological polar surface area (TPSA) is 65.2 Å². The fraction of sp³-hybridized carbons (Fsp3) is 0.375. The van der Waals surface area contributed by atoms with Gasteiger partial charge in [-0.3, -0.25) is 9.69 Å². The lowest BCUT2D eigenvalue weighted by Crippen LogP contribution is -2.49. The number of piperazine rings is 1. The largest absolute Gasteiger partial charge is 0.366 e. The molecule has 8 heteroatoms. The van der Waals surface area contributed by atoms with E-state index in [1.165, 1.54) is 16.7 Å². The molecule has 1 unspecified atom stereocenters. The van der Waals surface area contributed by atoms with Crippen molar-refractivity contribution in [3.8, 4) is 6.07 Å². The first-order valence-electron chi connectivity index (χ1n) is 10.7. The fourth-order valence-corrected chi connectivity index (χ4v) is 4.83. The number of aromatic nitrogens is 2. The molecule has 32 heavy (non-hydrogen) atoms. The predicted octanol–water partition coefficient (Wildman–Crippen LogP) is 4.12. The number of anilines is 1. The number of nitriles is 1. The molecule has 0 aliphatic carbocycles. The quantitative estimate of drug-likeness (QED) is 0.556. The van der Waals surface area contributed by atoms with Gasteiger partial charge in [0.05, 0.1) is 11.2 Å². The zero-order chi connectivity index (χ0) is 23.0. The number of halogens is 2. The summed E-state index contributed by atoms with van der Waals surface area (Å²) in [7, 11) is 1.64. The van der Waals surface area contributed by atoms with E-state index < -0.39 is 0 Å². The summed E-state index contributed by atoms with van der Waals surface area (Å²) in [5.41, 5.74) is 2.58. The number of hydrogen-bond acceptors (Lipinski definition) is 5. The van der Waals surface area contributed by atoms with Crippen LogP contribution in [-0.2, 0) is 7.05 Å². The molecule has 3 aromatic rings. The van der Waals surface area contributed by atoms with Crippen LogP contribution in [0.25, 0.3) is 11.0 Å². The van der Waals surface area contributed by atoms with E-state index in [0.717, 1.165) is 18.7 Å². The zero-order valence-corrected chi connectivity index (χ0v) is 19.1. The van der Waals surface area contributed by atoms with Gasteiger partial charge in [0.2, 0.25) is 0 Å². The van der Waals surface area contributed by atoms with Gasteiger partial charge in [-0.05, 0) is 35.7 Å². The molecule has 3 heterocycles. The van der Waals surface area contributed by atoms with Crippen LogP contribution < -0.4 is 10.5 Å². The van der Waals surface area contributed by atoms with Gasteiger partial charge < -0.3 is 9.47 Å². The Morgan fingerprint density at radius 1 is 1.09 bits per heavy atom. The highest BCUT2D eigenvalue weighted by atomic mass is 35.5. The molecular weight excluding hydrogens is 429 g/mol. The van der Waals surface area contributed by atoms with Gasteiger partial charge in [0.25, 0.3) is 5.56 Å². The number of aryl methyl sites for hydroxylation is 1. The van der Waals surface area contributed by atoms with E-state index in [9.17, 15) is 14.4 Å². The average molecular weight is 454 g/mol. The van der Waals surface area contributed by atoms with Gasteiger partial charge in [-0.1, -0.05) is 37.6 Å². The van der Waals surface area contributed by atoms with E-state index in [-0.39, 0.29) is 23.0 Å². The molecule has 1 aromatic carbocycles. The van der Waals surface area contributed by atoms with Gasteiger partial charge in [-0.15, -0.1) is 0 Å². The number of fused-ring (bicyclic) bond motifs is 1. The van der Waals surface area contributed by atoms with Gasteiger partial charge in [0.1, 0.15) is 28.1 Å². The van der Waals surface area contributed by atoms with Crippen molar-refractivity contribution in [3.63, 3.8) is 0 Å². The Morgan fingerprint density at radius 2 is 1.75 bits per heavy atom. The molecule has 0 radical (unpaired) electrons. The summed E-state index contributed by atoms with van der Waals surface area (Å²) in [5, 5.41) is 10.1. The van der Waals surface area contributed by atoms with Gasteiger partial charge in [0, 0.05) is 39.3 Å². The van der Waals surface area contributed by atoms with Crippen LogP contribution in [-0.4, -0.2) is 40.6 Å². The van der Waals surface area contributed by atoms with Gasteiger partial charge >= 0.3 is 0 Å². The highest BCUT2D eigenvalue weighted by molar-refractivity contribution is 6.29. The van der Waals surface area contributed by atoms with Crippen LogP contribution in [0.1, 0.15) is 31.0 Å². The average Bonchev–Trinajstić information content (AvgIpc) is 2.78. The van der Waals surface area contributed by atoms with E-state index in [4.69, 9.17) is 11.6 Å². The molecule has 6 nitrogen and oxygen atoms in total. The smallest absolute Gasteiger partial charge is 0.270 e. The van der Waals surface area contributed by atoms with Crippen molar-refractivity contribution >= 4 is 28.3 Å². The molecule has 1 aliphatic heterocycles. The molecule has 0 spiro atoms. The Labute approximate surface area is 191 Å². The summed E-state index contributed by atoms with van der Waals surface area (Å²) >= 11 is 6.16. The third-order valence-electron chi connectivity index (χ3n) is 6.16. The first-order chi connectivity index (χ1) is 15.3. The molecule has 0 saturated carbocycles. The lowest BCUT2D eigenvalue weighted by Gasteiger charge is -2.42. The second-order valence-corrected chi connectivity index (χ2v) is 8.85. The maximum absolute atomic E-state index is 13.4. The molecule has 4 rings (SSSR count). The van der Waals surface area contributed by atoms with Gasteiger partial charge in [0.15, 0.2) is 0 Å². The Bertz CT molecular complexity index is 1240. The molecule has 2 aromatic heterocycles. The lowest BCUT2D eigenvalue weighted by molar-refractivity contribution is 0.146. The molecule has 1 aliphatic rings. The third kappa shape index (κ3) is 3.96. The Hall–Kier alpha value is -2.95. The second kappa shape index (κ2) is 8.89. The summed E-state index contributed by atoms with van der Waals surface area (Å²) in [6, 6.07) is 12.3. The van der Waals surface area contributed by atoms with E-state index in [0.29, 0.717) is 40.9 Å². The number of hydrogen-bond donors (Lipinski definition) is 0. The molecule has 0 N–H and O–H groups in total. The number of rotatable bonds is 4. The second-order valence-electron chi connectivity index (χ2n) is 8.46. The van der Waals surface area contributed by atoms with Crippen LogP contribution in [0.5, 0.6) is 0 Å². The summed E-state index contributed by atoms with van der Waals surface area (Å²) < 4.78 is 14.9. The summed E-state index contributed by atoms with van der Waals surface area (Å²) in [6.45, 7) is 7.07. The van der Waals surface area contributed by atoms with E-state index in [1.807, 2.05) is 12.1 Å². The highest BCUT2D eigenvalue weighted by Gasteiger charge is 2.30. The summed E-state index contributed by atoms with van der Waals surface area (Å²) in [5.74, 6) is 0.0980. The minimum absolute atomic E-state index is 0.0853. The Morgan fingerprint density at radius 3 is 2.34 bits per heavy atom. The first-order valence-corrected chi connectivity index (χ1v) is 11.0.